The predicted octanol–water partition coefficient (Wildman–Crippen LogP) is 5.64. The van der Waals surface area contributed by atoms with Crippen LogP contribution in [0, 0.1) is 13.8 Å². The highest BCUT2D eigenvalue weighted by Crippen LogP contribution is 2.44. The molecule has 1 atom stereocenters. The minimum absolute atomic E-state index is 0.0575. The molecule has 5 nitrogen and oxygen atoms in total. The van der Waals surface area contributed by atoms with Gasteiger partial charge in [-0.1, -0.05) is 19.1 Å². The summed E-state index contributed by atoms with van der Waals surface area (Å²) in [6, 6.07) is 12.4. The van der Waals surface area contributed by atoms with Crippen LogP contribution in [-0.2, 0) is 9.59 Å². The molecule has 1 unspecified atom stereocenters. The lowest BCUT2D eigenvalue weighted by Crippen LogP contribution is -2.54. The summed E-state index contributed by atoms with van der Waals surface area (Å²) >= 11 is 5.36. The van der Waals surface area contributed by atoms with Crippen molar-refractivity contribution in [1.82, 2.24) is 5.32 Å². The number of hydrogen-bond acceptors (Lipinski definition) is 4. The lowest BCUT2D eigenvalue weighted by atomic mass is 9.78. The molecule has 0 bridgehead atoms. The molecule has 4 rings (SSSR count). The third-order valence-corrected chi connectivity index (χ3v) is 6.98. The molecule has 34 heavy (non-hydrogen) atoms. The normalized spacial score (nSPS) is 21.2. The van der Waals surface area contributed by atoms with Crippen molar-refractivity contribution in [1.29, 1.82) is 0 Å². The second-order valence-electron chi connectivity index (χ2n) is 10.5. The molecule has 2 aromatic rings. The van der Waals surface area contributed by atoms with Gasteiger partial charge in [0, 0.05) is 17.3 Å². The van der Waals surface area contributed by atoms with E-state index in [1.54, 1.807) is 6.08 Å². The van der Waals surface area contributed by atoms with E-state index in [-0.39, 0.29) is 16.2 Å². The van der Waals surface area contributed by atoms with E-state index >= 15 is 0 Å². The number of carbonyl (C=O) groups excluding carboxylic acids is 2. The van der Waals surface area contributed by atoms with Crippen molar-refractivity contribution >= 4 is 46.6 Å². The fourth-order valence-electron chi connectivity index (χ4n) is 5.68. The lowest BCUT2D eigenvalue weighted by molar-refractivity contribution is -0.122. The second kappa shape index (κ2) is 8.66. The van der Waals surface area contributed by atoms with E-state index in [2.05, 4.69) is 57.0 Å². The molecule has 6 heteroatoms. The van der Waals surface area contributed by atoms with E-state index < -0.39 is 11.8 Å². The number of nitrogens with one attached hydrogen (secondary N) is 1. The van der Waals surface area contributed by atoms with Crippen LogP contribution in [0.4, 0.5) is 11.4 Å². The van der Waals surface area contributed by atoms with E-state index in [0.717, 1.165) is 23.1 Å². The van der Waals surface area contributed by atoms with Crippen LogP contribution >= 0.6 is 12.2 Å². The Bertz CT molecular complexity index is 1210. The van der Waals surface area contributed by atoms with Crippen LogP contribution in [0.15, 0.2) is 42.0 Å². The molecule has 2 aliphatic heterocycles. The minimum atomic E-state index is -0.466. The number of benzene rings is 2. The molecule has 1 N–H and O–H groups in total. The molecule has 2 amide bonds. The number of fused-ring (bicyclic) bond motifs is 1. The Hall–Kier alpha value is -2.99. The number of hydrogen-bond donors (Lipinski definition) is 1. The van der Waals surface area contributed by atoms with Gasteiger partial charge in [-0.05, 0) is 119 Å². The van der Waals surface area contributed by atoms with E-state index in [0.29, 0.717) is 17.6 Å². The van der Waals surface area contributed by atoms with Gasteiger partial charge in [0.05, 0.1) is 5.69 Å². The first kappa shape index (κ1) is 24.1. The van der Waals surface area contributed by atoms with Crippen LogP contribution < -0.4 is 15.1 Å². The van der Waals surface area contributed by atoms with Gasteiger partial charge in [-0.3, -0.25) is 19.8 Å². The molecule has 2 aliphatic rings. The molecular formula is C28H33N3O2S. The van der Waals surface area contributed by atoms with Gasteiger partial charge in [0.15, 0.2) is 5.11 Å². The smallest absolute Gasteiger partial charge is 0.270 e. The van der Waals surface area contributed by atoms with Crippen molar-refractivity contribution in [3.8, 4) is 0 Å². The van der Waals surface area contributed by atoms with Crippen LogP contribution in [-0.4, -0.2) is 28.5 Å². The molecule has 1 fully saturated rings. The quantitative estimate of drug-likeness (QED) is 0.355. The Morgan fingerprint density at radius 1 is 1.09 bits per heavy atom. The zero-order chi connectivity index (χ0) is 24.9. The minimum Gasteiger partial charge on any atom is -0.364 e. The highest BCUT2D eigenvalue weighted by atomic mass is 32.1. The highest BCUT2D eigenvalue weighted by molar-refractivity contribution is 7.80. The summed E-state index contributed by atoms with van der Waals surface area (Å²) in [4.78, 5) is 30.1. The topological polar surface area (TPSA) is 52.7 Å². The average Bonchev–Trinajstić information content (AvgIpc) is 2.69. The number of nitrogens with zero attached hydrogens (tertiary/aromatic N) is 2. The van der Waals surface area contributed by atoms with Crippen LogP contribution in [0.2, 0.25) is 0 Å². The van der Waals surface area contributed by atoms with Crippen molar-refractivity contribution < 1.29 is 9.59 Å². The van der Waals surface area contributed by atoms with Gasteiger partial charge in [0.25, 0.3) is 11.8 Å². The Kier molecular flexibility index (Phi) is 6.15. The molecule has 1 saturated heterocycles. The zero-order valence-corrected chi connectivity index (χ0v) is 21.8. The Morgan fingerprint density at radius 2 is 1.74 bits per heavy atom. The third-order valence-electron chi connectivity index (χ3n) is 6.69. The largest absolute Gasteiger partial charge is 0.364 e. The maximum atomic E-state index is 13.5. The van der Waals surface area contributed by atoms with Crippen molar-refractivity contribution in [2.75, 3.05) is 9.80 Å². The summed E-state index contributed by atoms with van der Waals surface area (Å²) in [7, 11) is 0. The highest BCUT2D eigenvalue weighted by Gasteiger charge is 2.38. The van der Waals surface area contributed by atoms with E-state index in [4.69, 9.17) is 12.2 Å². The van der Waals surface area contributed by atoms with Crippen LogP contribution in [0.5, 0.6) is 0 Å². The van der Waals surface area contributed by atoms with Crippen molar-refractivity contribution in [3.63, 3.8) is 0 Å². The Morgan fingerprint density at radius 3 is 2.35 bits per heavy atom. The number of carbonyl (C=O) groups is 2. The monoisotopic (exact) mass is 475 g/mol. The number of aryl methyl sites for hydroxylation is 2. The van der Waals surface area contributed by atoms with Gasteiger partial charge in [-0.2, -0.15) is 0 Å². The maximum absolute atomic E-state index is 13.5. The van der Waals surface area contributed by atoms with Gasteiger partial charge in [-0.25, -0.2) is 0 Å². The maximum Gasteiger partial charge on any atom is 0.270 e. The first-order valence-corrected chi connectivity index (χ1v) is 12.2. The molecular weight excluding hydrogens is 442 g/mol. The Balaban J connectivity index is 1.75. The third kappa shape index (κ3) is 4.27. The molecule has 0 radical (unpaired) electrons. The summed E-state index contributed by atoms with van der Waals surface area (Å²) in [5.41, 5.74) is 6.14. The summed E-state index contributed by atoms with van der Waals surface area (Å²) in [5, 5.41) is 2.80. The van der Waals surface area contributed by atoms with Crippen molar-refractivity contribution in [2.24, 2.45) is 0 Å². The molecule has 0 saturated carbocycles. The van der Waals surface area contributed by atoms with Gasteiger partial charge in [-0.15, -0.1) is 0 Å². The summed E-state index contributed by atoms with van der Waals surface area (Å²) in [6.45, 7) is 15.2. The van der Waals surface area contributed by atoms with Crippen LogP contribution in [0.3, 0.4) is 0 Å². The van der Waals surface area contributed by atoms with Crippen LogP contribution in [0.25, 0.3) is 6.08 Å². The summed E-state index contributed by atoms with van der Waals surface area (Å²) in [6.07, 6.45) is 2.72. The summed E-state index contributed by atoms with van der Waals surface area (Å²) in [5.74, 6) is -0.505. The predicted molar refractivity (Wildman–Crippen MR) is 143 cm³/mol. The molecule has 2 heterocycles. The molecule has 0 aliphatic carbocycles. The number of anilines is 2. The van der Waals surface area contributed by atoms with Crippen molar-refractivity contribution in [2.45, 2.75) is 72.4 Å². The first-order valence-electron chi connectivity index (χ1n) is 11.8. The van der Waals surface area contributed by atoms with E-state index in [9.17, 15) is 9.59 Å². The zero-order valence-electron chi connectivity index (χ0n) is 21.0. The van der Waals surface area contributed by atoms with Crippen LogP contribution in [0.1, 0.15) is 69.2 Å². The lowest BCUT2D eigenvalue weighted by Gasteiger charge is -2.50. The fraction of sp³-hybridized carbons (Fsp3) is 0.393. The standard InChI is InChI=1S/C28H33N3O2S/c1-16(2)31-24-9-8-20(13-22(24)19(5)15-28(31,6)7)14-23-25(32)29-27(34)30(26(23)33)21-11-17(3)10-18(4)12-21/h8-14,16,19H,15H2,1-7H3,(H,29,32,34)/b23-14+. The van der Waals surface area contributed by atoms with E-state index in [1.165, 1.54) is 16.2 Å². The van der Waals surface area contributed by atoms with Gasteiger partial charge >= 0.3 is 0 Å². The SMILES string of the molecule is Cc1cc(C)cc(N2C(=O)/C(=C/c3ccc4c(c3)C(C)CC(C)(C)N4C(C)C)C(=O)NC2=S)c1. The number of amides is 2. The first-order chi connectivity index (χ1) is 15.9. The average molecular weight is 476 g/mol. The molecule has 2 aromatic carbocycles. The second-order valence-corrected chi connectivity index (χ2v) is 10.9. The molecule has 0 aromatic heterocycles. The van der Waals surface area contributed by atoms with Gasteiger partial charge in [0.1, 0.15) is 5.57 Å². The van der Waals surface area contributed by atoms with Gasteiger partial charge in [0.2, 0.25) is 0 Å². The summed E-state index contributed by atoms with van der Waals surface area (Å²) < 4.78 is 0. The van der Waals surface area contributed by atoms with E-state index in [1.807, 2.05) is 38.1 Å². The number of rotatable bonds is 3. The fourth-order valence-corrected chi connectivity index (χ4v) is 5.96. The number of thiocarbonyl (C=S) groups is 1. The molecule has 178 valence electrons. The van der Waals surface area contributed by atoms with Gasteiger partial charge < -0.3 is 4.90 Å². The Labute approximate surface area is 207 Å². The molecule has 0 spiro atoms. The van der Waals surface area contributed by atoms with Crippen molar-refractivity contribution in [3.05, 3.63) is 64.2 Å².